The summed E-state index contributed by atoms with van der Waals surface area (Å²) >= 11 is 1.52. The molecule has 1 atom stereocenters. The molecule has 1 heterocycles. The Bertz CT molecular complexity index is 458. The quantitative estimate of drug-likeness (QED) is 0.834. The third-order valence-corrected chi connectivity index (χ3v) is 4.72. The van der Waals surface area contributed by atoms with Crippen LogP contribution in [0.5, 0.6) is 0 Å². The first-order chi connectivity index (χ1) is 9.11. The Balaban J connectivity index is 2.09. The van der Waals surface area contributed by atoms with Gasteiger partial charge in [0.2, 0.25) is 0 Å². The second kappa shape index (κ2) is 6.19. The Hall–Kier alpha value is -1.36. The first-order valence-corrected chi connectivity index (χ1v) is 7.58. The van der Waals surface area contributed by atoms with Crippen LogP contribution in [0.25, 0.3) is 0 Å². The molecule has 0 spiro atoms. The predicted octanol–water partition coefficient (Wildman–Crippen LogP) is 2.61. The lowest BCUT2D eigenvalue weighted by molar-refractivity contribution is -0.139. The van der Waals surface area contributed by atoms with E-state index in [0.29, 0.717) is 11.3 Å². The normalized spacial score (nSPS) is 16.3. The molecule has 0 saturated heterocycles. The molecule has 1 aromatic heterocycles. The summed E-state index contributed by atoms with van der Waals surface area (Å²) < 4.78 is 0. The van der Waals surface area contributed by atoms with Gasteiger partial charge in [-0.3, -0.25) is 4.79 Å². The topological polar surface area (TPSA) is 66.4 Å². The van der Waals surface area contributed by atoms with Crippen LogP contribution in [0.3, 0.4) is 0 Å². The fourth-order valence-corrected chi connectivity index (χ4v) is 3.50. The minimum absolute atomic E-state index is 0.257. The highest BCUT2D eigenvalue weighted by molar-refractivity contribution is 7.14. The monoisotopic (exact) mass is 281 g/mol. The third-order valence-electron chi connectivity index (χ3n) is 3.48. The van der Waals surface area contributed by atoms with Crippen LogP contribution in [0, 0.1) is 0 Å². The zero-order valence-electron chi connectivity index (χ0n) is 11.1. The van der Waals surface area contributed by atoms with Crippen molar-refractivity contribution in [3.05, 3.63) is 21.4 Å². The van der Waals surface area contributed by atoms with Crippen molar-refractivity contribution in [2.75, 3.05) is 0 Å². The Morgan fingerprint density at radius 2 is 2.11 bits per heavy atom. The molecule has 1 aromatic rings. The third kappa shape index (κ3) is 3.35. The molecule has 104 valence electrons. The molecule has 19 heavy (non-hydrogen) atoms. The fraction of sp³-hybridized carbons (Fsp3) is 0.571. The summed E-state index contributed by atoms with van der Waals surface area (Å²) in [6.45, 7) is 1.75. The molecule has 0 radical (unpaired) electrons. The molecule has 0 bridgehead atoms. The van der Waals surface area contributed by atoms with E-state index in [1.54, 1.807) is 6.92 Å². The predicted molar refractivity (Wildman–Crippen MR) is 74.8 cm³/mol. The van der Waals surface area contributed by atoms with Gasteiger partial charge in [0.15, 0.2) is 0 Å². The summed E-state index contributed by atoms with van der Waals surface area (Å²) in [6.07, 6.45) is 6.09. The minimum atomic E-state index is -0.978. The van der Waals surface area contributed by atoms with Crippen LogP contribution in [-0.4, -0.2) is 23.0 Å². The van der Waals surface area contributed by atoms with E-state index in [2.05, 4.69) is 5.32 Å². The number of hydrogen-bond acceptors (Lipinski definition) is 3. The lowest BCUT2D eigenvalue weighted by atomic mass is 10.1. The Kier molecular flexibility index (Phi) is 4.58. The van der Waals surface area contributed by atoms with Crippen LogP contribution >= 0.6 is 11.3 Å². The Morgan fingerprint density at radius 3 is 2.79 bits per heavy atom. The Labute approximate surface area is 116 Å². The van der Waals surface area contributed by atoms with Crippen LogP contribution in [0.4, 0.5) is 0 Å². The van der Waals surface area contributed by atoms with Crippen molar-refractivity contribution in [1.82, 2.24) is 5.32 Å². The van der Waals surface area contributed by atoms with Crippen molar-refractivity contribution >= 4 is 23.2 Å². The zero-order valence-corrected chi connectivity index (χ0v) is 11.9. The standard InChI is InChI=1S/C14H19NO3S/c1-2-10(14(17)18)15-13(16)12-8-9-6-4-3-5-7-11(9)19-12/h8,10H,2-7H2,1H3,(H,15,16)(H,17,18)/t10-/m1/s1. The summed E-state index contributed by atoms with van der Waals surface area (Å²) in [7, 11) is 0. The van der Waals surface area contributed by atoms with Crippen LogP contribution in [0.2, 0.25) is 0 Å². The largest absolute Gasteiger partial charge is 0.480 e. The number of amides is 1. The number of rotatable bonds is 4. The SMILES string of the molecule is CC[C@@H](NC(=O)c1cc2c(s1)CCCCC2)C(=O)O. The minimum Gasteiger partial charge on any atom is -0.480 e. The number of fused-ring (bicyclic) bond motifs is 1. The molecular formula is C14H19NO3S. The van der Waals surface area contributed by atoms with E-state index >= 15 is 0 Å². The van der Waals surface area contributed by atoms with Gasteiger partial charge in [0, 0.05) is 4.88 Å². The highest BCUT2D eigenvalue weighted by atomic mass is 32.1. The summed E-state index contributed by atoms with van der Waals surface area (Å²) in [4.78, 5) is 24.9. The summed E-state index contributed by atoms with van der Waals surface area (Å²) in [5, 5.41) is 11.5. The number of hydrogen-bond donors (Lipinski definition) is 2. The maximum atomic E-state index is 12.1. The lowest BCUT2D eigenvalue weighted by Crippen LogP contribution is -2.39. The summed E-state index contributed by atoms with van der Waals surface area (Å²) in [5.41, 5.74) is 1.27. The number of carbonyl (C=O) groups is 2. The molecular weight excluding hydrogens is 262 g/mol. The highest BCUT2D eigenvalue weighted by Crippen LogP contribution is 2.28. The average Bonchev–Trinajstić information content (AvgIpc) is 2.67. The van der Waals surface area contributed by atoms with Crippen molar-refractivity contribution in [3.63, 3.8) is 0 Å². The number of carbonyl (C=O) groups excluding carboxylic acids is 1. The van der Waals surface area contributed by atoms with E-state index in [1.807, 2.05) is 6.07 Å². The maximum Gasteiger partial charge on any atom is 0.326 e. The number of carboxylic acids is 1. The van der Waals surface area contributed by atoms with E-state index in [9.17, 15) is 9.59 Å². The van der Waals surface area contributed by atoms with E-state index in [1.165, 1.54) is 41.0 Å². The van der Waals surface area contributed by atoms with Crippen molar-refractivity contribution in [2.24, 2.45) is 0 Å². The molecule has 5 heteroatoms. The van der Waals surface area contributed by atoms with Crippen molar-refractivity contribution < 1.29 is 14.7 Å². The van der Waals surface area contributed by atoms with Crippen LogP contribution in [0.15, 0.2) is 6.07 Å². The molecule has 1 amide bonds. The van der Waals surface area contributed by atoms with Gasteiger partial charge in [0.1, 0.15) is 6.04 Å². The van der Waals surface area contributed by atoms with Gasteiger partial charge in [-0.15, -0.1) is 11.3 Å². The molecule has 2 rings (SSSR count). The molecule has 1 aliphatic carbocycles. The van der Waals surface area contributed by atoms with Gasteiger partial charge in [-0.1, -0.05) is 13.3 Å². The van der Waals surface area contributed by atoms with Gasteiger partial charge in [0.05, 0.1) is 4.88 Å². The van der Waals surface area contributed by atoms with Crippen LogP contribution < -0.4 is 5.32 Å². The molecule has 0 aliphatic heterocycles. The molecule has 0 aromatic carbocycles. The van der Waals surface area contributed by atoms with Gasteiger partial charge in [0.25, 0.3) is 5.91 Å². The number of carboxylic acid groups (broad SMARTS) is 1. The van der Waals surface area contributed by atoms with E-state index in [4.69, 9.17) is 5.11 Å². The zero-order chi connectivity index (χ0) is 13.8. The molecule has 0 saturated carbocycles. The number of thiophene rings is 1. The lowest BCUT2D eigenvalue weighted by Gasteiger charge is -2.10. The molecule has 0 unspecified atom stereocenters. The highest BCUT2D eigenvalue weighted by Gasteiger charge is 2.21. The van der Waals surface area contributed by atoms with Crippen molar-refractivity contribution in [3.8, 4) is 0 Å². The second-order valence-electron chi connectivity index (χ2n) is 4.89. The fourth-order valence-electron chi connectivity index (χ4n) is 2.35. The number of nitrogens with one attached hydrogen (secondary N) is 1. The maximum absolute atomic E-state index is 12.1. The number of aliphatic carboxylic acids is 1. The van der Waals surface area contributed by atoms with Crippen molar-refractivity contribution in [2.45, 2.75) is 51.5 Å². The van der Waals surface area contributed by atoms with Gasteiger partial charge in [-0.25, -0.2) is 4.79 Å². The Morgan fingerprint density at radius 1 is 1.37 bits per heavy atom. The van der Waals surface area contributed by atoms with Gasteiger partial charge in [-0.2, -0.15) is 0 Å². The van der Waals surface area contributed by atoms with Crippen LogP contribution in [-0.2, 0) is 17.6 Å². The number of aryl methyl sites for hydroxylation is 2. The first kappa shape index (κ1) is 14.1. The molecule has 2 N–H and O–H groups in total. The van der Waals surface area contributed by atoms with E-state index < -0.39 is 12.0 Å². The average molecular weight is 281 g/mol. The molecule has 1 aliphatic rings. The first-order valence-electron chi connectivity index (χ1n) is 6.77. The van der Waals surface area contributed by atoms with E-state index in [-0.39, 0.29) is 5.91 Å². The summed E-state index contributed by atoms with van der Waals surface area (Å²) in [5.74, 6) is -1.23. The smallest absolute Gasteiger partial charge is 0.326 e. The van der Waals surface area contributed by atoms with Gasteiger partial charge < -0.3 is 10.4 Å². The second-order valence-corrected chi connectivity index (χ2v) is 6.03. The van der Waals surface area contributed by atoms with Crippen LogP contribution in [0.1, 0.15) is 52.7 Å². The molecule has 4 nitrogen and oxygen atoms in total. The van der Waals surface area contributed by atoms with Crippen molar-refractivity contribution in [1.29, 1.82) is 0 Å². The summed E-state index contributed by atoms with van der Waals surface area (Å²) in [6, 6.07) is 1.14. The van der Waals surface area contributed by atoms with E-state index in [0.717, 1.165) is 12.8 Å². The van der Waals surface area contributed by atoms with Gasteiger partial charge in [-0.05, 0) is 43.7 Å². The van der Waals surface area contributed by atoms with Gasteiger partial charge >= 0.3 is 5.97 Å². The molecule has 0 fully saturated rings.